The Kier molecular flexibility index (Phi) is 4.09. The van der Waals surface area contributed by atoms with Crippen LogP contribution < -0.4 is 5.32 Å². The summed E-state index contributed by atoms with van der Waals surface area (Å²) in [5.41, 5.74) is 1.08. The minimum atomic E-state index is -0.197. The van der Waals surface area contributed by atoms with Crippen molar-refractivity contribution in [3.8, 4) is 0 Å². The summed E-state index contributed by atoms with van der Waals surface area (Å²) < 4.78 is 19.5. The van der Waals surface area contributed by atoms with Gasteiger partial charge in [0.2, 0.25) is 0 Å². The predicted molar refractivity (Wildman–Crippen MR) is 73.9 cm³/mol. The van der Waals surface area contributed by atoms with E-state index in [0.29, 0.717) is 18.7 Å². The van der Waals surface area contributed by atoms with E-state index in [-0.39, 0.29) is 11.2 Å². The fourth-order valence-corrected chi connectivity index (χ4v) is 2.93. The minimum Gasteiger partial charge on any atom is -0.381 e. The second-order valence-corrected chi connectivity index (χ2v) is 6.30. The van der Waals surface area contributed by atoms with E-state index < -0.39 is 0 Å². The average Bonchev–Trinajstić information content (AvgIpc) is 2.32. The van der Waals surface area contributed by atoms with Gasteiger partial charge in [0, 0.05) is 29.6 Å². The van der Waals surface area contributed by atoms with Crippen LogP contribution in [0.25, 0.3) is 0 Å². The molecule has 1 N–H and O–H groups in total. The Balaban J connectivity index is 1.95. The van der Waals surface area contributed by atoms with Gasteiger partial charge in [-0.1, -0.05) is 29.8 Å². The van der Waals surface area contributed by atoms with E-state index in [2.05, 4.69) is 35.1 Å². The Bertz CT molecular complexity index is 436. The maximum absolute atomic E-state index is 13.2. The number of halogens is 2. The molecular weight excluding hydrogens is 297 g/mol. The Labute approximate surface area is 116 Å². The van der Waals surface area contributed by atoms with E-state index in [9.17, 15) is 4.39 Å². The Hall–Kier alpha value is -0.450. The summed E-state index contributed by atoms with van der Waals surface area (Å²) in [5.74, 6) is -0.197. The first-order valence-corrected chi connectivity index (χ1v) is 6.94. The van der Waals surface area contributed by atoms with Crippen LogP contribution in [-0.4, -0.2) is 19.3 Å². The van der Waals surface area contributed by atoms with E-state index >= 15 is 0 Å². The van der Waals surface area contributed by atoms with Gasteiger partial charge in [-0.15, -0.1) is 0 Å². The SMILES string of the molecule is COC1CC(NCc2cc(F)ccc2Br)C1(C)C. The molecule has 1 saturated carbocycles. The number of ether oxygens (including phenoxy) is 1. The first kappa shape index (κ1) is 14.0. The summed E-state index contributed by atoms with van der Waals surface area (Å²) in [7, 11) is 1.76. The molecule has 2 atom stereocenters. The van der Waals surface area contributed by atoms with E-state index in [0.717, 1.165) is 16.5 Å². The van der Waals surface area contributed by atoms with Crippen molar-refractivity contribution in [2.45, 2.75) is 39.0 Å². The first-order valence-electron chi connectivity index (χ1n) is 6.15. The second-order valence-electron chi connectivity index (χ2n) is 5.45. The highest BCUT2D eigenvalue weighted by Crippen LogP contribution is 2.42. The van der Waals surface area contributed by atoms with Gasteiger partial charge in [-0.3, -0.25) is 0 Å². The minimum absolute atomic E-state index is 0.133. The standard InChI is InChI=1S/C14H19BrFNO/c1-14(2)12(7-13(14)18-3)17-8-9-6-10(16)4-5-11(9)15/h4-6,12-13,17H,7-8H2,1-3H3. The smallest absolute Gasteiger partial charge is 0.123 e. The fourth-order valence-electron chi connectivity index (χ4n) is 2.54. The van der Waals surface area contributed by atoms with Gasteiger partial charge in [0.15, 0.2) is 0 Å². The molecule has 2 unspecified atom stereocenters. The van der Waals surface area contributed by atoms with Crippen LogP contribution in [0, 0.1) is 11.2 Å². The zero-order valence-corrected chi connectivity index (χ0v) is 12.6. The van der Waals surface area contributed by atoms with Crippen LogP contribution in [0.5, 0.6) is 0 Å². The normalized spacial score (nSPS) is 25.8. The number of methoxy groups -OCH3 is 1. The lowest BCUT2D eigenvalue weighted by molar-refractivity contribution is -0.0979. The molecule has 0 aromatic heterocycles. The number of nitrogens with one attached hydrogen (secondary N) is 1. The van der Waals surface area contributed by atoms with E-state index in [1.165, 1.54) is 6.07 Å². The summed E-state index contributed by atoms with van der Waals surface area (Å²) >= 11 is 3.44. The van der Waals surface area contributed by atoms with Crippen molar-refractivity contribution in [1.82, 2.24) is 5.32 Å². The van der Waals surface area contributed by atoms with Crippen molar-refractivity contribution in [2.75, 3.05) is 7.11 Å². The van der Waals surface area contributed by atoms with Gasteiger partial charge in [-0.2, -0.15) is 0 Å². The molecule has 0 radical (unpaired) electrons. The summed E-state index contributed by atoms with van der Waals surface area (Å²) in [5, 5.41) is 3.48. The molecule has 0 amide bonds. The summed E-state index contributed by atoms with van der Waals surface area (Å²) in [6, 6.07) is 5.19. The van der Waals surface area contributed by atoms with Crippen LogP contribution in [0.2, 0.25) is 0 Å². The molecule has 1 aromatic rings. The lowest BCUT2D eigenvalue weighted by atomic mass is 9.64. The third-order valence-corrected chi connectivity index (χ3v) is 4.78. The molecule has 1 aliphatic carbocycles. The van der Waals surface area contributed by atoms with Crippen molar-refractivity contribution >= 4 is 15.9 Å². The zero-order chi connectivity index (χ0) is 13.3. The highest BCUT2D eigenvalue weighted by Gasteiger charge is 2.48. The topological polar surface area (TPSA) is 21.3 Å². The van der Waals surface area contributed by atoms with E-state index in [1.807, 2.05) is 0 Å². The van der Waals surface area contributed by atoms with Gasteiger partial charge >= 0.3 is 0 Å². The molecule has 0 saturated heterocycles. The third kappa shape index (κ3) is 2.60. The van der Waals surface area contributed by atoms with Crippen molar-refractivity contribution < 1.29 is 9.13 Å². The molecule has 0 bridgehead atoms. The Morgan fingerprint density at radius 3 is 2.83 bits per heavy atom. The van der Waals surface area contributed by atoms with Crippen LogP contribution in [0.1, 0.15) is 25.8 Å². The summed E-state index contributed by atoms with van der Waals surface area (Å²) in [6.07, 6.45) is 1.32. The maximum Gasteiger partial charge on any atom is 0.123 e. The van der Waals surface area contributed by atoms with E-state index in [4.69, 9.17) is 4.74 Å². The highest BCUT2D eigenvalue weighted by molar-refractivity contribution is 9.10. The summed E-state index contributed by atoms with van der Waals surface area (Å²) in [6.45, 7) is 5.06. The van der Waals surface area contributed by atoms with Gasteiger partial charge in [-0.05, 0) is 30.2 Å². The molecule has 18 heavy (non-hydrogen) atoms. The summed E-state index contributed by atoms with van der Waals surface area (Å²) in [4.78, 5) is 0. The van der Waals surface area contributed by atoms with E-state index in [1.54, 1.807) is 19.2 Å². The van der Waals surface area contributed by atoms with Gasteiger partial charge in [0.25, 0.3) is 0 Å². The Morgan fingerprint density at radius 2 is 2.22 bits per heavy atom. The third-order valence-electron chi connectivity index (χ3n) is 4.01. The lowest BCUT2D eigenvalue weighted by Gasteiger charge is -2.51. The zero-order valence-electron chi connectivity index (χ0n) is 11.0. The average molecular weight is 316 g/mol. The Morgan fingerprint density at radius 1 is 1.50 bits per heavy atom. The molecule has 1 fully saturated rings. The van der Waals surface area contributed by atoms with Gasteiger partial charge in [0.05, 0.1) is 6.10 Å². The maximum atomic E-state index is 13.2. The number of hydrogen-bond donors (Lipinski definition) is 1. The lowest BCUT2D eigenvalue weighted by Crippen LogP contribution is -2.60. The quantitative estimate of drug-likeness (QED) is 0.918. The highest BCUT2D eigenvalue weighted by atomic mass is 79.9. The molecule has 2 rings (SSSR count). The molecule has 0 spiro atoms. The van der Waals surface area contributed by atoms with Crippen molar-refractivity contribution in [3.63, 3.8) is 0 Å². The van der Waals surface area contributed by atoms with Crippen LogP contribution in [0.4, 0.5) is 4.39 Å². The molecule has 0 aliphatic heterocycles. The van der Waals surface area contributed by atoms with Crippen molar-refractivity contribution in [3.05, 3.63) is 34.1 Å². The van der Waals surface area contributed by atoms with Gasteiger partial charge in [0.1, 0.15) is 5.82 Å². The first-order chi connectivity index (χ1) is 8.45. The monoisotopic (exact) mass is 315 g/mol. The molecule has 1 aliphatic rings. The molecule has 0 heterocycles. The van der Waals surface area contributed by atoms with Crippen LogP contribution in [0.3, 0.4) is 0 Å². The number of hydrogen-bond acceptors (Lipinski definition) is 2. The number of rotatable bonds is 4. The molecule has 1 aromatic carbocycles. The van der Waals surface area contributed by atoms with Crippen molar-refractivity contribution in [1.29, 1.82) is 0 Å². The molecule has 2 nitrogen and oxygen atoms in total. The second kappa shape index (κ2) is 5.27. The predicted octanol–water partition coefficient (Wildman–Crippen LogP) is 3.49. The van der Waals surface area contributed by atoms with Crippen molar-refractivity contribution in [2.24, 2.45) is 5.41 Å². The van der Waals surface area contributed by atoms with Crippen LogP contribution in [-0.2, 0) is 11.3 Å². The molecule has 100 valence electrons. The molecular formula is C14H19BrFNO. The largest absolute Gasteiger partial charge is 0.381 e. The van der Waals surface area contributed by atoms with Crippen LogP contribution >= 0.6 is 15.9 Å². The molecule has 4 heteroatoms. The fraction of sp³-hybridized carbons (Fsp3) is 0.571. The van der Waals surface area contributed by atoms with Crippen LogP contribution in [0.15, 0.2) is 22.7 Å². The van der Waals surface area contributed by atoms with Gasteiger partial charge < -0.3 is 10.1 Å². The number of benzene rings is 1. The van der Waals surface area contributed by atoms with Gasteiger partial charge in [-0.25, -0.2) is 4.39 Å².